The lowest BCUT2D eigenvalue weighted by molar-refractivity contribution is -0.140. The van der Waals surface area contributed by atoms with E-state index in [1.165, 1.54) is 24.4 Å². The third kappa shape index (κ3) is 3.71. The molecular formula is C19H14F6N4. The van der Waals surface area contributed by atoms with Crippen molar-refractivity contribution in [3.8, 4) is 5.69 Å². The quantitative estimate of drug-likeness (QED) is 0.601. The number of rotatable bonds is 4. The number of halogens is 6. The molecule has 0 saturated carbocycles. The summed E-state index contributed by atoms with van der Waals surface area (Å²) in [5, 5.41) is 7.62. The van der Waals surface area contributed by atoms with Gasteiger partial charge in [-0.2, -0.15) is 13.2 Å². The Morgan fingerprint density at radius 3 is 2.41 bits per heavy atom. The molecule has 4 rings (SSSR count). The number of aromatic nitrogens is 3. The molecule has 4 nitrogen and oxygen atoms in total. The monoisotopic (exact) mass is 412 g/mol. The summed E-state index contributed by atoms with van der Waals surface area (Å²) in [6.07, 6.45) is -3.45. The highest BCUT2D eigenvalue weighted by Crippen LogP contribution is 2.38. The highest BCUT2D eigenvalue weighted by Gasteiger charge is 2.46. The smallest absolute Gasteiger partial charge is 0.290 e. The number of alkyl halides is 4. The van der Waals surface area contributed by atoms with Crippen molar-refractivity contribution < 1.29 is 26.3 Å². The van der Waals surface area contributed by atoms with E-state index < -0.39 is 29.0 Å². The summed E-state index contributed by atoms with van der Waals surface area (Å²) in [5.74, 6) is -1.99. The van der Waals surface area contributed by atoms with Crippen molar-refractivity contribution in [1.29, 1.82) is 0 Å². The molecule has 1 aliphatic heterocycles. The lowest BCUT2D eigenvalue weighted by atomic mass is 9.87. The van der Waals surface area contributed by atoms with Gasteiger partial charge in [-0.15, -0.1) is 5.10 Å². The van der Waals surface area contributed by atoms with Crippen LogP contribution in [0.25, 0.3) is 5.69 Å². The average Bonchev–Trinajstić information content (AvgIpc) is 3.08. The third-order valence-corrected chi connectivity index (χ3v) is 4.75. The van der Waals surface area contributed by atoms with Crippen LogP contribution in [-0.4, -0.2) is 33.0 Å². The van der Waals surface area contributed by atoms with Crippen molar-refractivity contribution in [2.24, 2.45) is 0 Å². The van der Waals surface area contributed by atoms with Crippen molar-refractivity contribution in [2.45, 2.75) is 18.4 Å². The predicted molar refractivity (Wildman–Crippen MR) is 90.8 cm³/mol. The fourth-order valence-electron chi connectivity index (χ4n) is 3.37. The third-order valence-electron chi connectivity index (χ3n) is 4.75. The number of hydrogen-bond acceptors (Lipinski definition) is 3. The zero-order valence-corrected chi connectivity index (χ0v) is 14.8. The summed E-state index contributed by atoms with van der Waals surface area (Å²) in [4.78, 5) is 1.67. The normalized spacial score (nSPS) is 16.6. The van der Waals surface area contributed by atoms with Crippen LogP contribution >= 0.6 is 0 Å². The molecule has 29 heavy (non-hydrogen) atoms. The maximum atomic E-state index is 14.9. The first-order valence-electron chi connectivity index (χ1n) is 8.60. The molecule has 0 bridgehead atoms. The van der Waals surface area contributed by atoms with Crippen LogP contribution in [0.2, 0.25) is 0 Å². The second-order valence-electron chi connectivity index (χ2n) is 6.91. The zero-order chi connectivity index (χ0) is 20.8. The molecule has 0 atom stereocenters. The Bertz CT molecular complexity index is 1040. The molecule has 10 heteroatoms. The van der Waals surface area contributed by atoms with E-state index in [4.69, 9.17) is 0 Å². The first kappa shape index (κ1) is 19.4. The van der Waals surface area contributed by atoms with Gasteiger partial charge in [0.25, 0.3) is 0 Å². The standard InChI is InChI=1S/C19H14F6N4/c20-16-4-2-1-3-14(16)18(22)10-28(11-18)8-12-9-29(27-26-12)13-5-6-17(21)15(7-13)19(23,24)25/h1-7,9H,8,10-11H2. The lowest BCUT2D eigenvalue weighted by Crippen LogP contribution is -2.56. The van der Waals surface area contributed by atoms with E-state index in [9.17, 15) is 26.3 Å². The summed E-state index contributed by atoms with van der Waals surface area (Å²) in [5.41, 5.74) is -2.83. The van der Waals surface area contributed by atoms with Gasteiger partial charge >= 0.3 is 6.18 Å². The minimum absolute atomic E-state index is 0.00715. The molecule has 3 aromatic rings. The molecule has 0 amide bonds. The molecule has 1 aliphatic rings. The predicted octanol–water partition coefficient (Wildman–Crippen LogP) is 4.24. The Labute approximate surface area is 161 Å². The molecule has 152 valence electrons. The summed E-state index contributed by atoms with van der Waals surface area (Å²) in [6.45, 7) is 0.0958. The fraction of sp³-hybridized carbons (Fsp3) is 0.263. The second kappa shape index (κ2) is 6.87. The Balaban J connectivity index is 1.46. The SMILES string of the molecule is Fc1ccc(-n2cc(CN3CC(F)(c4ccccc4F)C3)nn2)cc1C(F)(F)F. The minimum atomic E-state index is -4.84. The van der Waals surface area contributed by atoms with E-state index in [0.29, 0.717) is 17.8 Å². The Kier molecular flexibility index (Phi) is 4.60. The molecule has 1 fully saturated rings. The molecule has 0 N–H and O–H groups in total. The average molecular weight is 412 g/mol. The Morgan fingerprint density at radius 2 is 1.72 bits per heavy atom. The van der Waals surface area contributed by atoms with E-state index in [1.54, 1.807) is 11.0 Å². The number of likely N-dealkylation sites (tertiary alicyclic amines) is 1. The molecule has 0 radical (unpaired) electrons. The summed E-state index contributed by atoms with van der Waals surface area (Å²) >= 11 is 0. The van der Waals surface area contributed by atoms with E-state index in [0.717, 1.165) is 10.7 Å². The van der Waals surface area contributed by atoms with E-state index in [-0.39, 0.29) is 30.9 Å². The van der Waals surface area contributed by atoms with Gasteiger partial charge in [0.15, 0.2) is 5.67 Å². The zero-order valence-electron chi connectivity index (χ0n) is 14.8. The minimum Gasteiger partial charge on any atom is -0.290 e. The molecule has 0 spiro atoms. The van der Waals surface area contributed by atoms with Crippen molar-refractivity contribution in [2.75, 3.05) is 13.1 Å². The van der Waals surface area contributed by atoms with Crippen LogP contribution in [0.4, 0.5) is 26.3 Å². The number of hydrogen-bond donors (Lipinski definition) is 0. The van der Waals surface area contributed by atoms with Crippen LogP contribution in [0.3, 0.4) is 0 Å². The van der Waals surface area contributed by atoms with Gasteiger partial charge in [-0.3, -0.25) is 4.90 Å². The molecular weight excluding hydrogens is 398 g/mol. The summed E-state index contributed by atoms with van der Waals surface area (Å²) < 4.78 is 81.7. The highest BCUT2D eigenvalue weighted by molar-refractivity contribution is 5.37. The fourth-order valence-corrected chi connectivity index (χ4v) is 3.37. The number of benzene rings is 2. The van der Waals surface area contributed by atoms with E-state index in [2.05, 4.69) is 10.3 Å². The van der Waals surface area contributed by atoms with Gasteiger partial charge < -0.3 is 0 Å². The van der Waals surface area contributed by atoms with Crippen LogP contribution in [-0.2, 0) is 18.4 Å². The molecule has 1 saturated heterocycles. The van der Waals surface area contributed by atoms with Gasteiger partial charge in [0.1, 0.15) is 11.6 Å². The van der Waals surface area contributed by atoms with E-state index >= 15 is 0 Å². The first-order valence-corrected chi connectivity index (χ1v) is 8.60. The van der Waals surface area contributed by atoms with Crippen molar-refractivity contribution in [3.05, 3.63) is 77.1 Å². The van der Waals surface area contributed by atoms with Crippen LogP contribution < -0.4 is 0 Å². The van der Waals surface area contributed by atoms with Gasteiger partial charge in [-0.05, 0) is 24.3 Å². The first-order chi connectivity index (χ1) is 13.7. The molecule has 0 unspecified atom stereocenters. The van der Waals surface area contributed by atoms with Gasteiger partial charge in [-0.1, -0.05) is 23.4 Å². The van der Waals surface area contributed by atoms with Crippen molar-refractivity contribution in [1.82, 2.24) is 19.9 Å². The topological polar surface area (TPSA) is 34.0 Å². The summed E-state index contributed by atoms with van der Waals surface area (Å²) in [7, 11) is 0. The van der Waals surface area contributed by atoms with Crippen LogP contribution in [0.5, 0.6) is 0 Å². The van der Waals surface area contributed by atoms with Crippen molar-refractivity contribution >= 4 is 0 Å². The maximum Gasteiger partial charge on any atom is 0.419 e. The Hall–Kier alpha value is -2.88. The van der Waals surface area contributed by atoms with Crippen LogP contribution in [0.15, 0.2) is 48.7 Å². The molecule has 2 heterocycles. The highest BCUT2D eigenvalue weighted by atomic mass is 19.4. The molecule has 0 aliphatic carbocycles. The van der Waals surface area contributed by atoms with E-state index in [1.807, 2.05) is 0 Å². The lowest BCUT2D eigenvalue weighted by Gasteiger charge is -2.44. The largest absolute Gasteiger partial charge is 0.419 e. The van der Waals surface area contributed by atoms with Crippen LogP contribution in [0, 0.1) is 11.6 Å². The van der Waals surface area contributed by atoms with Gasteiger partial charge in [0.2, 0.25) is 0 Å². The van der Waals surface area contributed by atoms with Crippen LogP contribution in [0.1, 0.15) is 16.8 Å². The van der Waals surface area contributed by atoms with Gasteiger partial charge in [0.05, 0.1) is 23.1 Å². The Morgan fingerprint density at radius 1 is 1.00 bits per heavy atom. The van der Waals surface area contributed by atoms with Crippen molar-refractivity contribution in [3.63, 3.8) is 0 Å². The number of nitrogens with zero attached hydrogens (tertiary/aromatic N) is 4. The second-order valence-corrected chi connectivity index (χ2v) is 6.91. The summed E-state index contributed by atoms with van der Waals surface area (Å²) in [6, 6.07) is 8.14. The molecule has 2 aromatic carbocycles. The van der Waals surface area contributed by atoms with Gasteiger partial charge in [0, 0.05) is 25.2 Å². The van der Waals surface area contributed by atoms with Gasteiger partial charge in [-0.25, -0.2) is 17.9 Å². The maximum absolute atomic E-state index is 14.9. The molecule has 1 aromatic heterocycles.